The lowest BCUT2D eigenvalue weighted by molar-refractivity contribution is -0.128. The summed E-state index contributed by atoms with van der Waals surface area (Å²) in [4.78, 5) is 19.3. The Morgan fingerprint density at radius 3 is 2.88 bits per heavy atom. The number of amides is 1. The number of nitrogens with two attached hydrogens (primary N) is 1. The van der Waals surface area contributed by atoms with Crippen molar-refractivity contribution < 1.29 is 9.53 Å². The Bertz CT molecular complexity index is 864. The highest BCUT2D eigenvalue weighted by Gasteiger charge is 2.37. The fourth-order valence-electron chi connectivity index (χ4n) is 2.88. The lowest BCUT2D eigenvalue weighted by Crippen LogP contribution is -2.47. The SMILES string of the molecule is CCCOc1ccc(I)cc1-c1csc([C@]2(C)CC(=O)N(C)C(N)=N2)c1. The molecule has 0 aliphatic carbocycles. The van der Waals surface area contributed by atoms with Gasteiger partial charge in [-0.25, -0.2) is 4.99 Å². The van der Waals surface area contributed by atoms with Gasteiger partial charge in [-0.3, -0.25) is 9.69 Å². The highest BCUT2D eigenvalue weighted by atomic mass is 127. The second kappa shape index (κ2) is 7.56. The van der Waals surface area contributed by atoms with Crippen LogP contribution in [0.4, 0.5) is 0 Å². The van der Waals surface area contributed by atoms with E-state index in [0.717, 1.165) is 31.7 Å². The fourth-order valence-corrected chi connectivity index (χ4v) is 4.38. The molecule has 2 aromatic rings. The molecule has 5 nitrogen and oxygen atoms in total. The maximum atomic E-state index is 12.2. The molecule has 1 aliphatic rings. The number of rotatable bonds is 5. The van der Waals surface area contributed by atoms with Crippen molar-refractivity contribution in [2.75, 3.05) is 13.7 Å². The van der Waals surface area contributed by atoms with E-state index in [9.17, 15) is 4.79 Å². The molecule has 0 bridgehead atoms. The van der Waals surface area contributed by atoms with E-state index < -0.39 is 5.54 Å². The van der Waals surface area contributed by atoms with Crippen molar-refractivity contribution in [1.82, 2.24) is 4.90 Å². The van der Waals surface area contributed by atoms with Crippen molar-refractivity contribution >= 4 is 45.8 Å². The van der Waals surface area contributed by atoms with Gasteiger partial charge in [0, 0.05) is 21.1 Å². The minimum absolute atomic E-state index is 0.0174. The standard InChI is InChI=1S/C19H22IN3O2S/c1-4-7-25-15-6-5-13(20)9-14(15)12-8-16(26-11-12)19(2)10-17(24)23(3)18(21)22-19/h5-6,8-9,11H,4,7,10H2,1-3H3,(H2,21,22)/t19-/m0/s1. The number of carbonyl (C=O) groups excluding carboxylic acids is 1. The van der Waals surface area contributed by atoms with Crippen LogP contribution < -0.4 is 10.5 Å². The van der Waals surface area contributed by atoms with Gasteiger partial charge in [0.1, 0.15) is 11.3 Å². The number of hydrogen-bond donors (Lipinski definition) is 1. The first kappa shape index (κ1) is 19.2. The van der Waals surface area contributed by atoms with Gasteiger partial charge >= 0.3 is 0 Å². The molecule has 0 radical (unpaired) electrons. The third kappa shape index (κ3) is 3.73. The molecule has 1 amide bonds. The zero-order chi connectivity index (χ0) is 18.9. The van der Waals surface area contributed by atoms with Crippen LogP contribution in [0.5, 0.6) is 5.75 Å². The van der Waals surface area contributed by atoms with Gasteiger partial charge in [-0.2, -0.15) is 0 Å². The summed E-state index contributed by atoms with van der Waals surface area (Å²) < 4.78 is 7.07. The summed E-state index contributed by atoms with van der Waals surface area (Å²) >= 11 is 3.91. The predicted molar refractivity (Wildman–Crippen MR) is 115 cm³/mol. The van der Waals surface area contributed by atoms with Crippen LogP contribution in [-0.4, -0.2) is 30.4 Å². The van der Waals surface area contributed by atoms with E-state index in [1.54, 1.807) is 18.4 Å². The van der Waals surface area contributed by atoms with E-state index in [4.69, 9.17) is 10.5 Å². The number of thiophene rings is 1. The largest absolute Gasteiger partial charge is 0.493 e. The molecule has 0 spiro atoms. The van der Waals surface area contributed by atoms with E-state index in [0.29, 0.717) is 13.0 Å². The van der Waals surface area contributed by atoms with E-state index in [1.807, 2.05) is 19.1 Å². The monoisotopic (exact) mass is 483 g/mol. The summed E-state index contributed by atoms with van der Waals surface area (Å²) in [6.45, 7) is 4.74. The predicted octanol–water partition coefficient (Wildman–Crippen LogP) is 4.20. The lowest BCUT2D eigenvalue weighted by Gasteiger charge is -2.32. The second-order valence-corrected chi connectivity index (χ2v) is 8.72. The third-order valence-electron chi connectivity index (χ3n) is 4.42. The Morgan fingerprint density at radius 2 is 2.19 bits per heavy atom. The first-order valence-corrected chi connectivity index (χ1v) is 10.4. The molecule has 2 N–H and O–H groups in total. The third-order valence-corrected chi connectivity index (χ3v) is 6.27. The number of carbonyl (C=O) groups is 1. The smallest absolute Gasteiger partial charge is 0.231 e. The Kier molecular flexibility index (Phi) is 5.57. The molecular weight excluding hydrogens is 461 g/mol. The summed E-state index contributed by atoms with van der Waals surface area (Å²) in [5.74, 6) is 1.13. The van der Waals surface area contributed by atoms with Crippen LogP contribution in [0.1, 0.15) is 31.6 Å². The van der Waals surface area contributed by atoms with Crippen molar-refractivity contribution in [3.05, 3.63) is 38.1 Å². The van der Waals surface area contributed by atoms with E-state index in [-0.39, 0.29) is 11.9 Å². The van der Waals surface area contributed by atoms with Crippen molar-refractivity contribution in [1.29, 1.82) is 0 Å². The normalized spacial score (nSPS) is 20.2. The Labute approximate surface area is 171 Å². The number of guanidine groups is 1. The van der Waals surface area contributed by atoms with Crippen LogP contribution in [0, 0.1) is 3.57 Å². The summed E-state index contributed by atoms with van der Waals surface area (Å²) in [7, 11) is 1.66. The number of ether oxygens (including phenoxy) is 1. The van der Waals surface area contributed by atoms with Gasteiger partial charge in [-0.15, -0.1) is 11.3 Å². The molecule has 1 aliphatic heterocycles. The molecule has 2 heterocycles. The number of nitrogens with zero attached hydrogens (tertiary/aromatic N) is 2. The molecule has 26 heavy (non-hydrogen) atoms. The summed E-state index contributed by atoms with van der Waals surface area (Å²) in [5, 5.41) is 2.10. The summed E-state index contributed by atoms with van der Waals surface area (Å²) in [6, 6.07) is 8.28. The van der Waals surface area contributed by atoms with Gasteiger partial charge in [-0.1, -0.05) is 6.92 Å². The Morgan fingerprint density at radius 1 is 1.42 bits per heavy atom. The molecular formula is C19H22IN3O2S. The lowest BCUT2D eigenvalue weighted by atomic mass is 9.93. The average Bonchev–Trinajstić information content (AvgIpc) is 3.09. The molecule has 0 saturated carbocycles. The van der Waals surface area contributed by atoms with Crippen LogP contribution in [0.2, 0.25) is 0 Å². The van der Waals surface area contributed by atoms with Crippen LogP contribution in [0.3, 0.4) is 0 Å². The van der Waals surface area contributed by atoms with Crippen molar-refractivity contribution in [2.24, 2.45) is 10.7 Å². The van der Waals surface area contributed by atoms with Crippen LogP contribution in [0.25, 0.3) is 11.1 Å². The van der Waals surface area contributed by atoms with E-state index >= 15 is 0 Å². The van der Waals surface area contributed by atoms with Gasteiger partial charge < -0.3 is 10.5 Å². The number of hydrogen-bond acceptors (Lipinski definition) is 5. The van der Waals surface area contributed by atoms with Gasteiger partial charge in [0.25, 0.3) is 0 Å². The Hall–Kier alpha value is -1.61. The quantitative estimate of drug-likeness (QED) is 0.649. The van der Waals surface area contributed by atoms with Crippen LogP contribution >= 0.6 is 33.9 Å². The van der Waals surface area contributed by atoms with Gasteiger partial charge in [0.2, 0.25) is 5.91 Å². The fraction of sp³-hybridized carbons (Fsp3) is 0.368. The minimum atomic E-state index is -0.622. The Balaban J connectivity index is 1.98. The first-order chi connectivity index (χ1) is 12.3. The van der Waals surface area contributed by atoms with E-state index in [1.165, 1.54) is 4.90 Å². The molecule has 0 fully saturated rings. The molecule has 0 unspecified atom stereocenters. The molecule has 1 aromatic carbocycles. The van der Waals surface area contributed by atoms with Crippen molar-refractivity contribution in [3.63, 3.8) is 0 Å². The average molecular weight is 483 g/mol. The van der Waals surface area contributed by atoms with Gasteiger partial charge in [0.15, 0.2) is 5.96 Å². The summed E-state index contributed by atoms with van der Waals surface area (Å²) in [5.41, 5.74) is 7.46. The highest BCUT2D eigenvalue weighted by Crippen LogP contribution is 2.41. The first-order valence-electron chi connectivity index (χ1n) is 8.47. The molecule has 1 aromatic heterocycles. The number of halogens is 1. The number of benzene rings is 1. The van der Waals surface area contributed by atoms with Gasteiger partial charge in [-0.05, 0) is 71.1 Å². The van der Waals surface area contributed by atoms with Crippen LogP contribution in [-0.2, 0) is 10.3 Å². The topological polar surface area (TPSA) is 67.9 Å². The maximum Gasteiger partial charge on any atom is 0.231 e. The van der Waals surface area contributed by atoms with Gasteiger partial charge in [0.05, 0.1) is 13.0 Å². The molecule has 0 saturated heterocycles. The van der Waals surface area contributed by atoms with E-state index in [2.05, 4.69) is 52.0 Å². The van der Waals surface area contributed by atoms with Crippen molar-refractivity contribution in [2.45, 2.75) is 32.2 Å². The molecule has 1 atom stereocenters. The minimum Gasteiger partial charge on any atom is -0.493 e. The second-order valence-electron chi connectivity index (χ2n) is 6.56. The highest BCUT2D eigenvalue weighted by molar-refractivity contribution is 14.1. The molecule has 138 valence electrons. The zero-order valence-corrected chi connectivity index (χ0v) is 18.1. The maximum absolute atomic E-state index is 12.2. The molecule has 3 rings (SSSR count). The molecule has 7 heteroatoms. The number of aliphatic imine (C=N–C) groups is 1. The van der Waals surface area contributed by atoms with Crippen LogP contribution in [0.15, 0.2) is 34.6 Å². The summed E-state index contributed by atoms with van der Waals surface area (Å²) in [6.07, 6.45) is 1.28. The zero-order valence-electron chi connectivity index (χ0n) is 15.1. The van der Waals surface area contributed by atoms with Crippen molar-refractivity contribution in [3.8, 4) is 16.9 Å².